The Bertz CT molecular complexity index is 422. The van der Waals surface area contributed by atoms with Crippen LogP contribution < -0.4 is 5.73 Å². The van der Waals surface area contributed by atoms with Crippen LogP contribution in [-0.2, 0) is 6.42 Å². The van der Waals surface area contributed by atoms with E-state index in [4.69, 9.17) is 5.73 Å². The van der Waals surface area contributed by atoms with Crippen molar-refractivity contribution in [3.05, 3.63) is 26.3 Å². The lowest BCUT2D eigenvalue weighted by atomic mass is 10.4. The van der Waals surface area contributed by atoms with Gasteiger partial charge in [0.1, 0.15) is 0 Å². The van der Waals surface area contributed by atoms with Crippen LogP contribution in [0, 0.1) is 0 Å². The van der Waals surface area contributed by atoms with Gasteiger partial charge in [-0.05, 0) is 34.6 Å². The number of thiophene rings is 1. The number of halogens is 1. The van der Waals surface area contributed by atoms with E-state index >= 15 is 0 Å². The minimum absolute atomic E-state index is 0.668. The molecule has 2 rings (SSSR count). The van der Waals surface area contributed by atoms with Gasteiger partial charge in [-0.25, -0.2) is 4.98 Å². The molecule has 0 radical (unpaired) electrons. The van der Waals surface area contributed by atoms with Gasteiger partial charge in [0.2, 0.25) is 0 Å². The number of hydrogen-bond donors (Lipinski definition) is 1. The van der Waals surface area contributed by atoms with E-state index in [0.717, 1.165) is 20.9 Å². The average Bonchev–Trinajstić information content (AvgIpc) is 2.74. The Balaban J connectivity index is 2.24. The van der Waals surface area contributed by atoms with Crippen molar-refractivity contribution in [2.24, 2.45) is 5.73 Å². The lowest BCUT2D eigenvalue weighted by Gasteiger charge is -1.89. The number of nitrogens with two attached hydrogens (primary N) is 1. The van der Waals surface area contributed by atoms with Crippen LogP contribution in [0.1, 0.15) is 5.01 Å². The van der Waals surface area contributed by atoms with Crippen molar-refractivity contribution >= 4 is 38.6 Å². The molecular weight excluding hydrogens is 280 g/mol. The predicted molar refractivity (Wildman–Crippen MR) is 65.9 cm³/mol. The molecular formula is C9H9BrN2S2. The van der Waals surface area contributed by atoms with E-state index in [2.05, 4.69) is 32.4 Å². The first kappa shape index (κ1) is 10.3. The maximum Gasteiger partial charge on any atom is 0.0945 e. The zero-order chi connectivity index (χ0) is 9.97. The van der Waals surface area contributed by atoms with Gasteiger partial charge in [-0.15, -0.1) is 22.7 Å². The lowest BCUT2D eigenvalue weighted by Crippen LogP contribution is -2.01. The van der Waals surface area contributed by atoms with Crippen LogP contribution in [0.15, 0.2) is 21.3 Å². The van der Waals surface area contributed by atoms with Gasteiger partial charge in [-0.3, -0.25) is 0 Å². The maximum atomic E-state index is 5.47. The minimum atomic E-state index is 0.668. The molecule has 2 aromatic rings. The molecule has 2 N–H and O–H groups in total. The van der Waals surface area contributed by atoms with Crippen LogP contribution in [0.4, 0.5) is 0 Å². The van der Waals surface area contributed by atoms with E-state index in [-0.39, 0.29) is 0 Å². The molecule has 0 aliphatic rings. The van der Waals surface area contributed by atoms with Gasteiger partial charge in [0, 0.05) is 11.8 Å². The summed E-state index contributed by atoms with van der Waals surface area (Å²) < 4.78 is 1.14. The van der Waals surface area contributed by atoms with Crippen LogP contribution in [0.25, 0.3) is 10.6 Å². The summed E-state index contributed by atoms with van der Waals surface area (Å²) in [6.07, 6.45) is 0.872. The largest absolute Gasteiger partial charge is 0.330 e. The molecule has 0 bridgehead atoms. The van der Waals surface area contributed by atoms with Crippen molar-refractivity contribution < 1.29 is 0 Å². The SMILES string of the molecule is NCCc1nc(-c2ccc(Br)s2)cs1. The number of thiazole rings is 1. The van der Waals surface area contributed by atoms with Gasteiger partial charge in [0.05, 0.1) is 19.4 Å². The summed E-state index contributed by atoms with van der Waals surface area (Å²) >= 11 is 6.82. The van der Waals surface area contributed by atoms with E-state index in [1.807, 2.05) is 6.07 Å². The van der Waals surface area contributed by atoms with Crippen molar-refractivity contribution in [2.45, 2.75) is 6.42 Å². The van der Waals surface area contributed by atoms with Gasteiger partial charge >= 0.3 is 0 Å². The summed E-state index contributed by atoms with van der Waals surface area (Å²) in [6.45, 7) is 0.668. The first-order chi connectivity index (χ1) is 6.79. The molecule has 0 spiro atoms. The molecule has 0 aliphatic carbocycles. The molecule has 0 aromatic carbocycles. The Morgan fingerprint density at radius 1 is 1.43 bits per heavy atom. The molecule has 2 nitrogen and oxygen atoms in total. The number of aromatic nitrogens is 1. The quantitative estimate of drug-likeness (QED) is 0.942. The van der Waals surface area contributed by atoms with E-state index in [1.165, 1.54) is 4.88 Å². The third-order valence-electron chi connectivity index (χ3n) is 1.74. The van der Waals surface area contributed by atoms with Crippen LogP contribution in [0.2, 0.25) is 0 Å². The van der Waals surface area contributed by atoms with Crippen molar-refractivity contribution in [1.82, 2.24) is 4.98 Å². The summed E-state index contributed by atoms with van der Waals surface area (Å²) in [5.41, 5.74) is 6.54. The topological polar surface area (TPSA) is 38.9 Å². The predicted octanol–water partition coefficient (Wildman–Crippen LogP) is 3.14. The fourth-order valence-corrected chi connectivity index (χ4v) is 3.35. The Hall–Kier alpha value is -0.230. The number of nitrogens with zero attached hydrogens (tertiary/aromatic N) is 1. The van der Waals surface area contributed by atoms with Crippen LogP contribution in [0.5, 0.6) is 0 Å². The van der Waals surface area contributed by atoms with E-state index in [1.54, 1.807) is 22.7 Å². The molecule has 5 heteroatoms. The van der Waals surface area contributed by atoms with Gasteiger partial charge < -0.3 is 5.73 Å². The molecule has 0 unspecified atom stereocenters. The summed E-state index contributed by atoms with van der Waals surface area (Å²) in [5, 5.41) is 3.20. The zero-order valence-electron chi connectivity index (χ0n) is 7.37. The second-order valence-corrected chi connectivity index (χ2v) is 6.17. The van der Waals surface area contributed by atoms with Crippen molar-refractivity contribution in [3.8, 4) is 10.6 Å². The minimum Gasteiger partial charge on any atom is -0.330 e. The number of rotatable bonds is 3. The molecule has 2 heterocycles. The lowest BCUT2D eigenvalue weighted by molar-refractivity contribution is 0.954. The molecule has 0 saturated heterocycles. The second kappa shape index (κ2) is 4.53. The smallest absolute Gasteiger partial charge is 0.0945 e. The molecule has 74 valence electrons. The van der Waals surface area contributed by atoms with E-state index in [9.17, 15) is 0 Å². The average molecular weight is 289 g/mol. The highest BCUT2D eigenvalue weighted by Crippen LogP contribution is 2.31. The summed E-state index contributed by atoms with van der Waals surface area (Å²) in [7, 11) is 0. The first-order valence-electron chi connectivity index (χ1n) is 4.20. The maximum absolute atomic E-state index is 5.47. The first-order valence-corrected chi connectivity index (χ1v) is 6.68. The fourth-order valence-electron chi connectivity index (χ4n) is 1.11. The Labute approximate surface area is 98.9 Å². The molecule has 0 atom stereocenters. The molecule has 0 aliphatic heterocycles. The Kier molecular flexibility index (Phi) is 3.33. The standard InChI is InChI=1S/C9H9BrN2S2/c10-8-2-1-7(14-8)6-5-13-9(12-6)3-4-11/h1-2,5H,3-4,11H2. The Morgan fingerprint density at radius 3 is 2.93 bits per heavy atom. The third-order valence-corrected chi connectivity index (χ3v) is 4.29. The molecule has 2 aromatic heterocycles. The normalized spacial score (nSPS) is 10.7. The highest BCUT2D eigenvalue weighted by Gasteiger charge is 2.05. The van der Waals surface area contributed by atoms with Gasteiger partial charge in [-0.2, -0.15) is 0 Å². The fraction of sp³-hybridized carbons (Fsp3) is 0.222. The van der Waals surface area contributed by atoms with Crippen LogP contribution in [0.3, 0.4) is 0 Å². The molecule has 0 amide bonds. The highest BCUT2D eigenvalue weighted by atomic mass is 79.9. The van der Waals surface area contributed by atoms with Crippen molar-refractivity contribution in [2.75, 3.05) is 6.54 Å². The summed E-state index contributed by atoms with van der Waals surface area (Å²) in [4.78, 5) is 5.72. The Morgan fingerprint density at radius 2 is 2.29 bits per heavy atom. The summed E-state index contributed by atoms with van der Waals surface area (Å²) in [5.74, 6) is 0. The molecule has 0 fully saturated rings. The zero-order valence-corrected chi connectivity index (χ0v) is 10.6. The van der Waals surface area contributed by atoms with E-state index < -0.39 is 0 Å². The third kappa shape index (κ3) is 2.23. The highest BCUT2D eigenvalue weighted by molar-refractivity contribution is 9.11. The number of hydrogen-bond acceptors (Lipinski definition) is 4. The van der Waals surface area contributed by atoms with Crippen LogP contribution in [-0.4, -0.2) is 11.5 Å². The second-order valence-electron chi connectivity index (χ2n) is 2.77. The van der Waals surface area contributed by atoms with Gasteiger partial charge in [0.25, 0.3) is 0 Å². The van der Waals surface area contributed by atoms with Crippen LogP contribution >= 0.6 is 38.6 Å². The monoisotopic (exact) mass is 288 g/mol. The van der Waals surface area contributed by atoms with Gasteiger partial charge in [0.15, 0.2) is 0 Å². The van der Waals surface area contributed by atoms with Gasteiger partial charge in [-0.1, -0.05) is 0 Å². The van der Waals surface area contributed by atoms with Crippen molar-refractivity contribution in [3.63, 3.8) is 0 Å². The van der Waals surface area contributed by atoms with Crippen molar-refractivity contribution in [1.29, 1.82) is 0 Å². The molecule has 0 saturated carbocycles. The molecule has 14 heavy (non-hydrogen) atoms. The van der Waals surface area contributed by atoms with E-state index in [0.29, 0.717) is 6.54 Å². The summed E-state index contributed by atoms with van der Waals surface area (Å²) in [6, 6.07) is 4.12.